The smallest absolute Gasteiger partial charge is 0.416 e. The van der Waals surface area contributed by atoms with E-state index in [4.69, 9.17) is 4.74 Å². The first-order valence-electron chi connectivity index (χ1n) is 12.0. The minimum absolute atomic E-state index is 0.0180. The summed E-state index contributed by atoms with van der Waals surface area (Å²) in [5.74, 6) is 0.127. The predicted molar refractivity (Wildman–Crippen MR) is 144 cm³/mol. The third-order valence-electron chi connectivity index (χ3n) is 6.27. The molecule has 2 aromatic carbocycles. The van der Waals surface area contributed by atoms with E-state index in [-0.39, 0.29) is 11.4 Å². The summed E-state index contributed by atoms with van der Waals surface area (Å²) < 4.78 is 47.9. The number of halogens is 3. The molecule has 0 spiro atoms. The molecular weight excluding hydrogens is 507 g/mol. The molecule has 0 saturated heterocycles. The summed E-state index contributed by atoms with van der Waals surface area (Å²) in [4.78, 5) is 24.6. The number of nitrogens with zero attached hydrogens (tertiary/aromatic N) is 3. The fourth-order valence-corrected chi connectivity index (χ4v) is 4.25. The van der Waals surface area contributed by atoms with Gasteiger partial charge in [-0.05, 0) is 67.4 Å². The molecule has 0 saturated carbocycles. The van der Waals surface area contributed by atoms with Gasteiger partial charge >= 0.3 is 6.18 Å². The number of alkyl halides is 3. The molecular formula is C29H24F3N5O2. The molecule has 0 bridgehead atoms. The topological polar surface area (TPSA) is 84.8 Å². The molecule has 0 fully saturated rings. The van der Waals surface area contributed by atoms with E-state index in [1.54, 1.807) is 50.8 Å². The van der Waals surface area contributed by atoms with Crippen LogP contribution in [-0.4, -0.2) is 32.5 Å². The number of nitrogens with one attached hydrogen (secondary N) is 2. The minimum atomic E-state index is -4.59. The van der Waals surface area contributed by atoms with E-state index in [2.05, 4.69) is 20.3 Å². The van der Waals surface area contributed by atoms with E-state index in [1.807, 2.05) is 25.1 Å². The Kier molecular flexibility index (Phi) is 6.69. The summed E-state index contributed by atoms with van der Waals surface area (Å²) in [6.45, 7) is 3.64. The number of ether oxygens (including phenoxy) is 1. The molecule has 0 aliphatic rings. The third kappa shape index (κ3) is 5.40. The van der Waals surface area contributed by atoms with E-state index < -0.39 is 17.6 Å². The van der Waals surface area contributed by atoms with Crippen LogP contribution in [0, 0.1) is 13.8 Å². The van der Waals surface area contributed by atoms with Crippen LogP contribution in [0.25, 0.3) is 28.9 Å². The zero-order chi connectivity index (χ0) is 27.7. The largest absolute Gasteiger partial charge is 0.495 e. The lowest BCUT2D eigenvalue weighted by atomic mass is 10.0. The number of aromatic nitrogens is 4. The normalized spacial score (nSPS) is 11.8. The van der Waals surface area contributed by atoms with Crippen LogP contribution in [0.3, 0.4) is 0 Å². The van der Waals surface area contributed by atoms with Crippen molar-refractivity contribution in [3.8, 4) is 11.4 Å². The first-order chi connectivity index (χ1) is 18.6. The van der Waals surface area contributed by atoms with E-state index in [0.717, 1.165) is 34.2 Å². The molecule has 0 radical (unpaired) electrons. The van der Waals surface area contributed by atoms with Crippen molar-refractivity contribution < 1.29 is 22.7 Å². The zero-order valence-corrected chi connectivity index (χ0v) is 21.3. The molecule has 7 nitrogen and oxygen atoms in total. The number of benzene rings is 2. The van der Waals surface area contributed by atoms with Crippen LogP contribution in [0.5, 0.6) is 5.75 Å². The monoisotopic (exact) mass is 531 g/mol. The van der Waals surface area contributed by atoms with Gasteiger partial charge in [0.2, 0.25) is 0 Å². The van der Waals surface area contributed by atoms with Crippen molar-refractivity contribution in [2.75, 3.05) is 12.4 Å². The van der Waals surface area contributed by atoms with Crippen LogP contribution < -0.4 is 10.1 Å². The average Bonchev–Trinajstić information content (AvgIpc) is 3.56. The number of pyridine rings is 1. The number of aromatic amines is 1. The number of amides is 1. The maximum atomic E-state index is 13.6. The van der Waals surface area contributed by atoms with Gasteiger partial charge in [-0.1, -0.05) is 12.1 Å². The average molecular weight is 532 g/mol. The van der Waals surface area contributed by atoms with E-state index in [0.29, 0.717) is 22.7 Å². The highest BCUT2D eigenvalue weighted by atomic mass is 19.4. The molecule has 39 heavy (non-hydrogen) atoms. The summed E-state index contributed by atoms with van der Waals surface area (Å²) in [7, 11) is 1.59. The summed E-state index contributed by atoms with van der Waals surface area (Å²) in [6.07, 6.45) is 5.59. The highest BCUT2D eigenvalue weighted by Gasteiger charge is 2.31. The van der Waals surface area contributed by atoms with Crippen molar-refractivity contribution in [3.05, 3.63) is 101 Å². The van der Waals surface area contributed by atoms with Crippen LogP contribution in [0.2, 0.25) is 0 Å². The Morgan fingerprint density at radius 3 is 2.56 bits per heavy atom. The number of rotatable bonds is 6. The van der Waals surface area contributed by atoms with Gasteiger partial charge in [-0.2, -0.15) is 13.2 Å². The third-order valence-corrected chi connectivity index (χ3v) is 6.27. The molecule has 3 heterocycles. The number of hydrogen-bond acceptors (Lipinski definition) is 4. The van der Waals surface area contributed by atoms with Crippen LogP contribution in [0.1, 0.15) is 38.3 Å². The quantitative estimate of drug-likeness (QED) is 0.252. The maximum absolute atomic E-state index is 13.6. The van der Waals surface area contributed by atoms with Gasteiger partial charge in [0.15, 0.2) is 0 Å². The molecule has 0 unspecified atom stereocenters. The number of fused-ring (bicyclic) bond motifs is 1. The molecule has 0 aliphatic carbocycles. The van der Waals surface area contributed by atoms with Gasteiger partial charge in [0.1, 0.15) is 11.4 Å². The van der Waals surface area contributed by atoms with Crippen LogP contribution in [0.15, 0.2) is 67.4 Å². The Morgan fingerprint density at radius 1 is 1.05 bits per heavy atom. The van der Waals surface area contributed by atoms with Gasteiger partial charge in [-0.25, -0.2) is 9.97 Å². The Hall–Kier alpha value is -4.86. The standard InChI is InChI=1S/C29H24F3N5O2/c1-17-4-5-20(10-19(17)6-7-21-14-34-27-25(8-9-33-27)26(21)39-3)28(38)36-23-11-22(29(30,31)32)12-24(13-23)37-15-18(2)35-16-37/h4-16H,1-3H3,(H,33,34)(H,36,38)/b7-6+. The Morgan fingerprint density at radius 2 is 1.85 bits per heavy atom. The van der Waals surface area contributed by atoms with Gasteiger partial charge in [0.05, 0.1) is 30.1 Å². The Balaban J connectivity index is 1.44. The summed E-state index contributed by atoms with van der Waals surface area (Å²) in [6, 6.07) is 10.4. The predicted octanol–water partition coefficient (Wildman–Crippen LogP) is 6.82. The molecule has 0 atom stereocenters. The van der Waals surface area contributed by atoms with Crippen molar-refractivity contribution in [3.63, 3.8) is 0 Å². The molecule has 2 N–H and O–H groups in total. The Labute approximate surface area is 222 Å². The number of anilines is 1. The van der Waals surface area contributed by atoms with Gasteiger partial charge in [0.25, 0.3) is 5.91 Å². The van der Waals surface area contributed by atoms with Crippen LogP contribution in [-0.2, 0) is 6.18 Å². The number of H-pyrrole nitrogens is 1. The number of carbonyl (C=O) groups excluding carboxylic acids is 1. The lowest BCUT2D eigenvalue weighted by Gasteiger charge is -2.14. The molecule has 198 valence electrons. The van der Waals surface area contributed by atoms with Crippen LogP contribution >= 0.6 is 0 Å². The molecule has 5 rings (SSSR count). The molecule has 3 aromatic heterocycles. The number of hydrogen-bond donors (Lipinski definition) is 2. The van der Waals surface area contributed by atoms with Crippen molar-refractivity contribution in [2.45, 2.75) is 20.0 Å². The summed E-state index contributed by atoms with van der Waals surface area (Å²) >= 11 is 0. The van der Waals surface area contributed by atoms with Gasteiger partial charge in [0, 0.05) is 41.1 Å². The van der Waals surface area contributed by atoms with E-state index in [1.165, 1.54) is 17.0 Å². The number of aryl methyl sites for hydroxylation is 2. The van der Waals surface area contributed by atoms with Crippen molar-refractivity contribution in [1.29, 1.82) is 0 Å². The van der Waals surface area contributed by atoms with Crippen LogP contribution in [0.4, 0.5) is 18.9 Å². The Bertz CT molecular complexity index is 1720. The second kappa shape index (κ2) is 10.1. The minimum Gasteiger partial charge on any atom is -0.495 e. The summed E-state index contributed by atoms with van der Waals surface area (Å²) in [5, 5.41) is 3.46. The zero-order valence-electron chi connectivity index (χ0n) is 21.3. The van der Waals surface area contributed by atoms with Crippen molar-refractivity contribution in [2.24, 2.45) is 0 Å². The van der Waals surface area contributed by atoms with E-state index in [9.17, 15) is 18.0 Å². The van der Waals surface area contributed by atoms with Crippen molar-refractivity contribution in [1.82, 2.24) is 19.5 Å². The maximum Gasteiger partial charge on any atom is 0.416 e. The second-order valence-electron chi connectivity index (χ2n) is 9.03. The lowest BCUT2D eigenvalue weighted by molar-refractivity contribution is -0.137. The highest BCUT2D eigenvalue weighted by Crippen LogP contribution is 2.33. The molecule has 5 aromatic rings. The number of methoxy groups -OCH3 is 1. The fraction of sp³-hybridized carbons (Fsp3) is 0.138. The number of carbonyl (C=O) groups is 1. The molecule has 1 amide bonds. The molecule has 10 heteroatoms. The van der Waals surface area contributed by atoms with E-state index >= 15 is 0 Å². The second-order valence-corrected chi connectivity index (χ2v) is 9.03. The lowest BCUT2D eigenvalue weighted by Crippen LogP contribution is -2.14. The van der Waals surface area contributed by atoms with Gasteiger partial charge in [-0.3, -0.25) is 4.79 Å². The number of imidazole rings is 1. The van der Waals surface area contributed by atoms with Gasteiger partial charge < -0.3 is 19.6 Å². The first-order valence-corrected chi connectivity index (χ1v) is 12.0. The SMILES string of the molecule is COc1c(/C=C/c2cc(C(=O)Nc3cc(-n4cnc(C)c4)cc(C(F)(F)F)c3)ccc2C)cnc2[nH]ccc12. The molecule has 0 aliphatic heterocycles. The fourth-order valence-electron chi connectivity index (χ4n) is 4.25. The summed E-state index contributed by atoms with van der Waals surface area (Å²) in [5.41, 5.74) is 3.45. The van der Waals surface area contributed by atoms with Gasteiger partial charge in [-0.15, -0.1) is 0 Å². The van der Waals surface area contributed by atoms with Crippen molar-refractivity contribution >= 4 is 34.8 Å². The first kappa shape index (κ1) is 25.8. The highest BCUT2D eigenvalue weighted by molar-refractivity contribution is 6.05.